The number of hydrogen-bond donors (Lipinski definition) is 1. The molecule has 0 aromatic heterocycles. The molecule has 0 aliphatic carbocycles. The maximum absolute atomic E-state index is 13.5. The van der Waals surface area contributed by atoms with Crippen LogP contribution < -0.4 is 9.46 Å². The summed E-state index contributed by atoms with van der Waals surface area (Å²) < 4.78 is 35.5. The van der Waals surface area contributed by atoms with E-state index < -0.39 is 21.7 Å². The predicted molar refractivity (Wildman–Crippen MR) is 160 cm³/mol. The summed E-state index contributed by atoms with van der Waals surface area (Å²) in [5.74, 6) is -0.857. The summed E-state index contributed by atoms with van der Waals surface area (Å²) in [5.41, 5.74) is 4.49. The molecule has 0 bridgehead atoms. The molecule has 0 radical (unpaired) electrons. The van der Waals surface area contributed by atoms with Crippen LogP contribution in [0.4, 0.5) is 5.69 Å². The van der Waals surface area contributed by atoms with E-state index in [0.717, 1.165) is 27.8 Å². The van der Waals surface area contributed by atoms with Crippen LogP contribution in [-0.4, -0.2) is 20.1 Å². The van der Waals surface area contributed by atoms with E-state index in [-0.39, 0.29) is 28.1 Å². The number of carbonyl (C=O) groups is 1. The van der Waals surface area contributed by atoms with Crippen LogP contribution in [0.1, 0.15) is 130 Å². The van der Waals surface area contributed by atoms with E-state index in [1.165, 1.54) is 0 Å². The van der Waals surface area contributed by atoms with Crippen molar-refractivity contribution in [2.24, 2.45) is 0 Å². The summed E-state index contributed by atoms with van der Waals surface area (Å²) in [6.45, 7) is 27.0. The van der Waals surface area contributed by atoms with Gasteiger partial charge in [-0.15, -0.1) is 0 Å². The van der Waals surface area contributed by atoms with Gasteiger partial charge in [0.1, 0.15) is 5.75 Å². The Balaban J connectivity index is 2.55. The first-order chi connectivity index (χ1) is 17.0. The van der Waals surface area contributed by atoms with Crippen LogP contribution in [0.3, 0.4) is 0 Å². The minimum absolute atomic E-state index is 0.112. The quantitative estimate of drug-likeness (QED) is 0.282. The molecule has 0 aliphatic heterocycles. The molecule has 0 saturated heterocycles. The van der Waals surface area contributed by atoms with Gasteiger partial charge < -0.3 is 4.74 Å². The van der Waals surface area contributed by atoms with Crippen LogP contribution in [0.2, 0.25) is 0 Å². The van der Waals surface area contributed by atoms with Crippen LogP contribution in [0, 0.1) is 0 Å². The molecule has 2 rings (SSSR count). The molecule has 212 valence electrons. The molecule has 0 aliphatic rings. The number of benzene rings is 2. The monoisotopic (exact) mass is 543 g/mol. The predicted octanol–water partition coefficient (Wildman–Crippen LogP) is 8.17. The first-order valence-corrected chi connectivity index (χ1v) is 15.2. The maximum atomic E-state index is 13.5. The third-order valence-electron chi connectivity index (χ3n) is 6.72. The molecule has 0 amide bonds. The first-order valence-electron chi connectivity index (χ1n) is 13.6. The lowest BCUT2D eigenvalue weighted by atomic mass is 9.74. The topological polar surface area (TPSA) is 72.5 Å². The number of esters is 1. The Morgan fingerprint density at radius 3 is 1.55 bits per heavy atom. The number of para-hydroxylation sites is 1. The van der Waals surface area contributed by atoms with E-state index in [0.29, 0.717) is 11.4 Å². The summed E-state index contributed by atoms with van der Waals surface area (Å²) in [6.07, 6.45) is 0. The zero-order valence-electron chi connectivity index (χ0n) is 25.8. The van der Waals surface area contributed by atoms with Gasteiger partial charge in [0.25, 0.3) is 0 Å². The van der Waals surface area contributed by atoms with Gasteiger partial charge in [0.2, 0.25) is 10.0 Å². The summed E-state index contributed by atoms with van der Waals surface area (Å²) in [5, 5.41) is 0. The second-order valence-corrected chi connectivity index (χ2v) is 15.8. The van der Waals surface area contributed by atoms with Gasteiger partial charge in [0.05, 0.1) is 5.69 Å². The normalized spacial score (nSPS) is 13.2. The summed E-state index contributed by atoms with van der Waals surface area (Å²) >= 11 is 0. The fourth-order valence-electron chi connectivity index (χ4n) is 4.46. The van der Waals surface area contributed by atoms with Gasteiger partial charge in [0, 0.05) is 0 Å². The molecule has 0 atom stereocenters. The van der Waals surface area contributed by atoms with Crippen molar-refractivity contribution >= 4 is 21.7 Å². The molecular formula is C32H49NO4S. The van der Waals surface area contributed by atoms with E-state index in [1.807, 2.05) is 45.9 Å². The van der Waals surface area contributed by atoms with Crippen molar-refractivity contribution in [2.75, 3.05) is 10.5 Å². The number of nitrogens with one attached hydrogen (secondary N) is 1. The van der Waals surface area contributed by atoms with E-state index in [4.69, 9.17) is 4.74 Å². The van der Waals surface area contributed by atoms with Gasteiger partial charge >= 0.3 is 5.97 Å². The van der Waals surface area contributed by atoms with Crippen molar-refractivity contribution in [3.63, 3.8) is 0 Å². The summed E-state index contributed by atoms with van der Waals surface area (Å²) in [6, 6.07) is 9.99. The SMILES string of the molecule is CC(C)c1cccc(C(C)C)c1OC(=O)CS(=O)(=O)Nc1c(C(C)(C)C)cc(C(C)(C)C)cc1C(C)(C)C. The van der Waals surface area contributed by atoms with Crippen LogP contribution >= 0.6 is 0 Å². The molecule has 0 unspecified atom stereocenters. The highest BCUT2D eigenvalue weighted by molar-refractivity contribution is 7.93. The van der Waals surface area contributed by atoms with Gasteiger partial charge in [-0.2, -0.15) is 0 Å². The Kier molecular flexibility index (Phi) is 9.25. The van der Waals surface area contributed by atoms with Crippen LogP contribution in [0.15, 0.2) is 30.3 Å². The van der Waals surface area contributed by atoms with Crippen LogP contribution in [0.5, 0.6) is 5.75 Å². The van der Waals surface area contributed by atoms with Gasteiger partial charge in [-0.3, -0.25) is 9.52 Å². The molecule has 0 fully saturated rings. The molecule has 1 N–H and O–H groups in total. The lowest BCUT2D eigenvalue weighted by Gasteiger charge is -2.33. The van der Waals surface area contributed by atoms with Crippen molar-refractivity contribution < 1.29 is 17.9 Å². The molecule has 2 aromatic carbocycles. The molecule has 0 spiro atoms. The Labute approximate surface area is 231 Å². The standard InChI is InChI=1S/C32H49NO4S/c1-20(2)23-15-14-16-24(21(3)4)29(23)37-27(34)19-38(35,36)33-28-25(31(8,9)10)17-22(30(5,6)7)18-26(28)32(11,12)13/h14-18,20-21,33H,19H2,1-13H3. The smallest absolute Gasteiger partial charge is 0.328 e. The molecule has 0 heterocycles. The second kappa shape index (κ2) is 11.0. The van der Waals surface area contributed by atoms with Gasteiger partial charge in [-0.25, -0.2) is 8.42 Å². The Hall–Kier alpha value is -2.34. The van der Waals surface area contributed by atoms with Crippen molar-refractivity contribution in [1.29, 1.82) is 0 Å². The van der Waals surface area contributed by atoms with E-state index in [2.05, 4.69) is 79.2 Å². The fourth-order valence-corrected chi connectivity index (χ4v) is 5.43. The molecular weight excluding hydrogens is 494 g/mol. The third kappa shape index (κ3) is 7.84. The molecule has 38 heavy (non-hydrogen) atoms. The second-order valence-electron chi connectivity index (χ2n) is 14.1. The molecule has 0 saturated carbocycles. The number of sulfonamides is 1. The fraction of sp³-hybridized carbons (Fsp3) is 0.594. The average Bonchev–Trinajstić information content (AvgIpc) is 2.70. The van der Waals surface area contributed by atoms with E-state index >= 15 is 0 Å². The van der Waals surface area contributed by atoms with E-state index in [1.54, 1.807) is 0 Å². The number of anilines is 1. The maximum Gasteiger partial charge on any atom is 0.328 e. The van der Waals surface area contributed by atoms with Gasteiger partial charge in [-0.05, 0) is 55.9 Å². The van der Waals surface area contributed by atoms with E-state index in [9.17, 15) is 13.2 Å². The molecule has 5 nitrogen and oxygen atoms in total. The van der Waals surface area contributed by atoms with Gasteiger partial charge in [-0.1, -0.05) is 120 Å². The average molecular weight is 544 g/mol. The largest absolute Gasteiger partial charge is 0.425 e. The minimum atomic E-state index is -4.06. The van der Waals surface area contributed by atoms with Crippen molar-refractivity contribution in [1.82, 2.24) is 0 Å². The van der Waals surface area contributed by atoms with Crippen molar-refractivity contribution in [2.45, 2.75) is 118 Å². The molecule has 6 heteroatoms. The molecule has 2 aromatic rings. The highest BCUT2D eigenvalue weighted by atomic mass is 32.2. The summed E-state index contributed by atoms with van der Waals surface area (Å²) in [7, 11) is -4.06. The number of ether oxygens (including phenoxy) is 1. The Bertz CT molecular complexity index is 1210. The zero-order chi connectivity index (χ0) is 29.4. The van der Waals surface area contributed by atoms with Crippen molar-refractivity contribution in [3.8, 4) is 5.75 Å². The third-order valence-corrected chi connectivity index (χ3v) is 7.85. The lowest BCUT2D eigenvalue weighted by molar-refractivity contribution is -0.131. The highest BCUT2D eigenvalue weighted by Crippen LogP contribution is 2.42. The zero-order valence-corrected chi connectivity index (χ0v) is 26.6. The highest BCUT2D eigenvalue weighted by Gasteiger charge is 2.32. The number of carbonyl (C=O) groups excluding carboxylic acids is 1. The minimum Gasteiger partial charge on any atom is -0.425 e. The first kappa shape index (κ1) is 31.9. The number of hydrogen-bond acceptors (Lipinski definition) is 4. The number of rotatable bonds is 7. The lowest BCUT2D eigenvalue weighted by Crippen LogP contribution is -2.30. The van der Waals surface area contributed by atoms with Crippen molar-refractivity contribution in [3.05, 3.63) is 58.1 Å². The van der Waals surface area contributed by atoms with Crippen LogP contribution in [-0.2, 0) is 31.1 Å². The van der Waals surface area contributed by atoms with Crippen LogP contribution in [0.25, 0.3) is 0 Å². The van der Waals surface area contributed by atoms with Gasteiger partial charge in [0.15, 0.2) is 5.75 Å². The Morgan fingerprint density at radius 1 is 0.789 bits per heavy atom. The Morgan fingerprint density at radius 2 is 1.21 bits per heavy atom. The summed E-state index contributed by atoms with van der Waals surface area (Å²) in [4.78, 5) is 13.1.